The topological polar surface area (TPSA) is 72.3 Å². The minimum absolute atomic E-state index is 0. The summed E-state index contributed by atoms with van der Waals surface area (Å²) in [6, 6.07) is 3.32. The van der Waals surface area contributed by atoms with Crippen molar-refractivity contribution in [2.45, 2.75) is 19.4 Å². The van der Waals surface area contributed by atoms with Crippen LogP contribution in [0, 0.1) is 7.43 Å². The maximum absolute atomic E-state index is 11.0. The molecule has 0 aromatic carbocycles. The zero-order valence-electron chi connectivity index (χ0n) is 15.1. The van der Waals surface area contributed by atoms with Crippen LogP contribution in [-0.4, -0.2) is 51.2 Å². The van der Waals surface area contributed by atoms with Crippen LogP contribution in [-0.2, 0) is 10.3 Å². The van der Waals surface area contributed by atoms with E-state index in [0.717, 1.165) is 4.47 Å². The summed E-state index contributed by atoms with van der Waals surface area (Å²) in [5.74, 6) is -0.492. The van der Waals surface area contributed by atoms with E-state index in [-0.39, 0.29) is 58.2 Å². The number of hydrogen-bond acceptors (Lipinski definition) is 5. The van der Waals surface area contributed by atoms with Gasteiger partial charge in [-0.05, 0) is 57.8 Å². The number of methoxy groups -OCH3 is 1. The number of halogens is 5. The Bertz CT molecular complexity index is 747. The van der Waals surface area contributed by atoms with E-state index in [1.165, 1.54) is 13.3 Å². The van der Waals surface area contributed by atoms with Crippen LogP contribution >= 0.6 is 55.1 Å². The second kappa shape index (κ2) is 14.5. The zero-order valence-corrected chi connectivity index (χ0v) is 22.7. The molecule has 11 heteroatoms. The first-order valence-corrected chi connectivity index (χ1v) is 8.83. The molecule has 5 nitrogen and oxygen atoms in total. The molecule has 0 fully saturated rings. The normalized spacial score (nSPS) is 9.48. The van der Waals surface area contributed by atoms with Gasteiger partial charge in [0.25, 0.3) is 0 Å². The van der Waals surface area contributed by atoms with Crippen LogP contribution in [0.4, 0.5) is 0 Å². The summed E-state index contributed by atoms with van der Waals surface area (Å²) in [5.41, 5.74) is -0.0690. The number of ether oxygens (including phenoxy) is 1. The molecular formula is C16H17Br3Cl2MgN2O3. The fraction of sp³-hybridized carbons (Fsp3) is 0.250. The molecule has 0 atom stereocenters. The monoisotopic (exact) mass is 616 g/mol. The molecule has 2 aromatic heterocycles. The second-order valence-electron chi connectivity index (χ2n) is 5.03. The molecule has 2 aromatic rings. The van der Waals surface area contributed by atoms with Crippen LogP contribution in [0.25, 0.3) is 0 Å². The van der Waals surface area contributed by atoms with Crippen molar-refractivity contribution in [1.29, 1.82) is 0 Å². The number of pyridine rings is 2. The van der Waals surface area contributed by atoms with Crippen molar-refractivity contribution in [1.82, 2.24) is 9.97 Å². The Hall–Kier alpha value is 0.516. The Labute approximate surface area is 212 Å². The molecule has 0 unspecified atom stereocenters. The Morgan fingerprint density at radius 2 is 1.56 bits per heavy atom. The van der Waals surface area contributed by atoms with Crippen molar-refractivity contribution in [2.24, 2.45) is 0 Å². The van der Waals surface area contributed by atoms with Crippen LogP contribution < -0.4 is 17.0 Å². The smallest absolute Gasteiger partial charge is 1.00 e. The van der Waals surface area contributed by atoms with Crippen molar-refractivity contribution in [3.8, 4) is 0 Å². The van der Waals surface area contributed by atoms with Gasteiger partial charge in [0.1, 0.15) is 10.3 Å². The maximum Gasteiger partial charge on any atom is 2.00 e. The molecule has 0 aliphatic heterocycles. The Balaban J connectivity index is -0.000000384. The molecule has 1 N–H and O–H groups in total. The Morgan fingerprint density at radius 3 is 1.96 bits per heavy atom. The van der Waals surface area contributed by atoms with Gasteiger partial charge in [0.15, 0.2) is 0 Å². The fourth-order valence-electron chi connectivity index (χ4n) is 1.53. The summed E-state index contributed by atoms with van der Waals surface area (Å²) in [4.78, 5) is 18.7. The Morgan fingerprint density at radius 1 is 1.11 bits per heavy atom. The van der Waals surface area contributed by atoms with E-state index in [9.17, 15) is 9.90 Å². The van der Waals surface area contributed by atoms with Crippen LogP contribution in [0.1, 0.15) is 29.8 Å². The molecule has 0 amide bonds. The van der Waals surface area contributed by atoms with Gasteiger partial charge in [-0.3, -0.25) is 0 Å². The van der Waals surface area contributed by atoms with Gasteiger partial charge in [0.2, 0.25) is 0 Å². The first-order valence-electron chi connectivity index (χ1n) is 6.49. The minimum Gasteiger partial charge on any atom is -1.00 e. The van der Waals surface area contributed by atoms with Crippen molar-refractivity contribution < 1.29 is 31.6 Å². The molecule has 0 aliphatic rings. The SMILES string of the molecule is CC(C)(O)c1cc(Br)cnc1Cl.COC(=O)c1cc(Br)cnc1Cl.[Br-].[CH3-].[Mg+2]. The van der Waals surface area contributed by atoms with Gasteiger partial charge in [-0.1, -0.05) is 23.2 Å². The van der Waals surface area contributed by atoms with Crippen LogP contribution in [0.3, 0.4) is 0 Å². The number of rotatable bonds is 2. The number of hydrogen-bond donors (Lipinski definition) is 1. The number of carbonyl (C=O) groups is 1. The minimum atomic E-state index is -0.951. The van der Waals surface area contributed by atoms with Crippen LogP contribution in [0.15, 0.2) is 33.5 Å². The molecule has 0 radical (unpaired) electrons. The van der Waals surface area contributed by atoms with E-state index in [2.05, 4.69) is 46.6 Å². The van der Waals surface area contributed by atoms with E-state index in [4.69, 9.17) is 23.2 Å². The molecule has 0 aliphatic carbocycles. The molecule has 0 saturated heterocycles. The van der Waals surface area contributed by atoms with Gasteiger partial charge >= 0.3 is 29.0 Å². The second-order valence-corrected chi connectivity index (χ2v) is 7.58. The van der Waals surface area contributed by atoms with Crippen LogP contribution in [0.5, 0.6) is 0 Å². The van der Waals surface area contributed by atoms with Gasteiger partial charge in [0, 0.05) is 26.9 Å². The van der Waals surface area contributed by atoms with E-state index in [1.54, 1.807) is 32.2 Å². The summed E-state index contributed by atoms with van der Waals surface area (Å²) in [6.45, 7) is 3.34. The van der Waals surface area contributed by atoms with E-state index in [1.807, 2.05) is 0 Å². The van der Waals surface area contributed by atoms with Crippen molar-refractivity contribution in [3.05, 3.63) is 62.3 Å². The van der Waals surface area contributed by atoms with E-state index >= 15 is 0 Å². The predicted octanol–water partition coefficient (Wildman–Crippen LogP) is 2.08. The number of esters is 1. The number of carbonyl (C=O) groups excluding carboxylic acids is 1. The van der Waals surface area contributed by atoms with Gasteiger partial charge in [-0.15, -0.1) is 0 Å². The fourth-order valence-corrected chi connectivity index (χ4v) is 2.70. The quantitative estimate of drug-likeness (QED) is 0.241. The van der Waals surface area contributed by atoms with Gasteiger partial charge in [0.05, 0.1) is 18.3 Å². The Kier molecular flexibility index (Phi) is 17.3. The van der Waals surface area contributed by atoms with E-state index < -0.39 is 11.6 Å². The molecule has 146 valence electrons. The van der Waals surface area contributed by atoms with Crippen molar-refractivity contribution in [3.63, 3.8) is 0 Å². The third-order valence-electron chi connectivity index (χ3n) is 2.68. The van der Waals surface area contributed by atoms with Gasteiger partial charge in [-0.2, -0.15) is 0 Å². The largest absolute Gasteiger partial charge is 2.00 e. The number of nitrogens with zero attached hydrogens (tertiary/aromatic N) is 2. The predicted molar refractivity (Wildman–Crippen MR) is 113 cm³/mol. The molecule has 0 saturated carbocycles. The molecule has 2 heterocycles. The third kappa shape index (κ3) is 10.7. The summed E-state index contributed by atoms with van der Waals surface area (Å²) < 4.78 is 5.98. The summed E-state index contributed by atoms with van der Waals surface area (Å²) >= 11 is 17.8. The van der Waals surface area contributed by atoms with Gasteiger partial charge < -0.3 is 34.3 Å². The van der Waals surface area contributed by atoms with Crippen LogP contribution in [0.2, 0.25) is 10.3 Å². The molecule has 2 rings (SSSR count). The molecule has 0 bridgehead atoms. The number of aliphatic hydroxyl groups is 1. The zero-order chi connectivity index (χ0) is 18.5. The first-order chi connectivity index (χ1) is 11.1. The molecular weight excluding hydrogens is 603 g/mol. The molecule has 27 heavy (non-hydrogen) atoms. The molecule has 0 spiro atoms. The first kappa shape index (κ1) is 32.2. The van der Waals surface area contributed by atoms with Crippen molar-refractivity contribution in [2.75, 3.05) is 7.11 Å². The van der Waals surface area contributed by atoms with E-state index in [0.29, 0.717) is 15.2 Å². The average Bonchev–Trinajstić information content (AvgIpc) is 2.51. The summed E-state index contributed by atoms with van der Waals surface area (Å²) in [6.07, 6.45) is 3.10. The summed E-state index contributed by atoms with van der Waals surface area (Å²) in [7, 11) is 1.29. The third-order valence-corrected chi connectivity index (χ3v) is 4.15. The maximum atomic E-state index is 11.0. The number of aromatic nitrogens is 2. The summed E-state index contributed by atoms with van der Waals surface area (Å²) in [5, 5.41) is 10.1. The van der Waals surface area contributed by atoms with Crippen molar-refractivity contribution >= 4 is 84.1 Å². The van der Waals surface area contributed by atoms with Gasteiger partial charge in [-0.25, -0.2) is 14.8 Å². The average molecular weight is 620 g/mol. The standard InChI is InChI=1S/C8H9BrClNO.C7H5BrClNO2.CH3.BrH.Mg/c1-8(2,12)6-3-5(9)4-11-7(6)10;1-12-7(11)5-2-4(8)3-10-6(5)9;;;/h3-4,12H,1-2H3;2-3H,1H3;1H3;1H;/q;;-1;;+2/p-1.